The maximum absolute atomic E-state index is 4.16. The van der Waals surface area contributed by atoms with Crippen LogP contribution in [0.2, 0.25) is 0 Å². The summed E-state index contributed by atoms with van der Waals surface area (Å²) in [5.74, 6) is 0. The van der Waals surface area contributed by atoms with Crippen molar-refractivity contribution in [3.8, 4) is 0 Å². The number of halogens is 3. The highest BCUT2D eigenvalue weighted by atomic mass is 127. The van der Waals surface area contributed by atoms with Gasteiger partial charge in [0.1, 0.15) is 11.8 Å². The lowest BCUT2D eigenvalue weighted by Crippen LogP contribution is -1.94. The van der Waals surface area contributed by atoms with Crippen LogP contribution in [0.25, 0.3) is 11.0 Å². The van der Waals surface area contributed by atoms with Gasteiger partial charge >= 0.3 is 0 Å². The summed E-state index contributed by atoms with van der Waals surface area (Å²) in [6.07, 6.45) is 1.47. The molecule has 3 nitrogen and oxygen atoms in total. The molecular weight excluding hydrogens is 507 g/mol. The first-order chi connectivity index (χ1) is 6.20. The minimum atomic E-state index is 0.882. The molecule has 0 amide bonds. The Labute approximate surface area is 116 Å². The van der Waals surface area contributed by atoms with E-state index >= 15 is 0 Å². The number of benzene rings is 1. The molecule has 0 saturated heterocycles. The molecule has 0 spiro atoms. The van der Waals surface area contributed by atoms with E-state index in [0.29, 0.717) is 0 Å². The Morgan fingerprint density at radius 1 is 1.08 bits per heavy atom. The molecule has 0 radical (unpaired) electrons. The second-order valence-corrected chi connectivity index (χ2v) is 5.63. The molecule has 0 saturated carbocycles. The van der Waals surface area contributed by atoms with Crippen LogP contribution in [0.1, 0.15) is 0 Å². The molecule has 1 aromatic heterocycles. The van der Waals surface area contributed by atoms with Gasteiger partial charge in [0.05, 0.1) is 9.09 Å². The van der Waals surface area contributed by atoms with Gasteiger partial charge in [-0.05, 0) is 73.8 Å². The Hall–Kier alpha value is 0.680. The zero-order valence-electron chi connectivity index (χ0n) is 6.13. The Balaban J connectivity index is 2.94. The monoisotopic (exact) mass is 509 g/mol. The highest BCUT2D eigenvalue weighted by Crippen LogP contribution is 2.26. The van der Waals surface area contributed by atoms with Crippen molar-refractivity contribution in [2.75, 3.05) is 0 Å². The quantitative estimate of drug-likeness (QED) is 0.406. The lowest BCUT2D eigenvalue weighted by Gasteiger charge is -2.02. The average molecular weight is 509 g/mol. The minimum Gasteiger partial charge on any atom is -0.233 e. The van der Waals surface area contributed by atoms with Gasteiger partial charge < -0.3 is 0 Å². The molecule has 0 aliphatic carbocycles. The van der Waals surface area contributed by atoms with Gasteiger partial charge in [0.15, 0.2) is 0 Å². The maximum atomic E-state index is 4.16. The first-order valence-electron chi connectivity index (χ1n) is 3.31. The van der Waals surface area contributed by atoms with E-state index < -0.39 is 0 Å². The number of fused-ring (bicyclic) bond motifs is 1. The molecule has 2 rings (SSSR count). The molecule has 1 heterocycles. The normalized spacial score (nSPS) is 10.7. The van der Waals surface area contributed by atoms with Crippen molar-refractivity contribution >= 4 is 78.8 Å². The van der Waals surface area contributed by atoms with Gasteiger partial charge in [0.25, 0.3) is 0 Å². The topological polar surface area (TPSA) is 38.7 Å². The summed E-state index contributed by atoms with van der Waals surface area (Å²) < 4.78 is 3.55. The smallest absolute Gasteiger partial charge is 0.138 e. The molecule has 2 aromatic rings. The second kappa shape index (κ2) is 4.04. The summed E-state index contributed by atoms with van der Waals surface area (Å²) in [4.78, 5) is 4.16. The maximum Gasteiger partial charge on any atom is 0.138 e. The summed E-state index contributed by atoms with van der Waals surface area (Å²) in [7, 11) is 0. The molecule has 6 heteroatoms. The number of aromatic nitrogens is 3. The molecule has 0 atom stereocenters. The molecule has 0 bridgehead atoms. The third kappa shape index (κ3) is 1.89. The van der Waals surface area contributed by atoms with E-state index in [1.54, 1.807) is 0 Å². The van der Waals surface area contributed by atoms with Gasteiger partial charge in [0, 0.05) is 7.14 Å². The van der Waals surface area contributed by atoms with Crippen LogP contribution < -0.4 is 0 Å². The van der Waals surface area contributed by atoms with Crippen molar-refractivity contribution in [3.05, 3.63) is 23.1 Å². The molecule has 0 aliphatic rings. The standard InChI is InChI=1S/C7H2I3N3/c8-3-1-4-7(6(10)5(3)9)13-12-2-11-4/h1-2H. The van der Waals surface area contributed by atoms with E-state index in [2.05, 4.69) is 83.0 Å². The first-order valence-corrected chi connectivity index (χ1v) is 6.54. The third-order valence-corrected chi connectivity index (χ3v) is 6.61. The highest BCUT2D eigenvalue weighted by Gasteiger charge is 2.08. The second-order valence-electron chi connectivity index (χ2n) is 2.31. The van der Waals surface area contributed by atoms with Gasteiger partial charge in [-0.1, -0.05) is 0 Å². The number of nitrogens with zero attached hydrogens (tertiary/aromatic N) is 3. The Morgan fingerprint density at radius 3 is 2.62 bits per heavy atom. The van der Waals surface area contributed by atoms with Gasteiger partial charge in [-0.2, -0.15) is 0 Å². The van der Waals surface area contributed by atoms with E-state index in [9.17, 15) is 0 Å². The average Bonchev–Trinajstić information content (AvgIpc) is 2.15. The number of hydrogen-bond acceptors (Lipinski definition) is 3. The minimum absolute atomic E-state index is 0.882. The van der Waals surface area contributed by atoms with E-state index in [0.717, 1.165) is 14.6 Å². The van der Waals surface area contributed by atoms with Crippen molar-refractivity contribution in [3.63, 3.8) is 0 Å². The Kier molecular flexibility index (Phi) is 3.18. The molecule has 0 unspecified atom stereocenters. The van der Waals surface area contributed by atoms with Crippen molar-refractivity contribution in [2.24, 2.45) is 0 Å². The zero-order valence-corrected chi connectivity index (χ0v) is 12.6. The van der Waals surface area contributed by atoms with E-state index in [1.807, 2.05) is 6.07 Å². The van der Waals surface area contributed by atoms with Crippen LogP contribution >= 0.6 is 67.8 Å². The fourth-order valence-corrected chi connectivity index (χ4v) is 3.10. The molecule has 0 N–H and O–H groups in total. The van der Waals surface area contributed by atoms with Gasteiger partial charge in [-0.3, -0.25) is 0 Å². The molecule has 66 valence electrons. The van der Waals surface area contributed by atoms with Gasteiger partial charge in [-0.25, -0.2) is 4.98 Å². The highest BCUT2D eigenvalue weighted by molar-refractivity contribution is 14.1. The predicted octanol–water partition coefficient (Wildman–Crippen LogP) is 2.84. The van der Waals surface area contributed by atoms with Crippen LogP contribution in [0.4, 0.5) is 0 Å². The lowest BCUT2D eigenvalue weighted by molar-refractivity contribution is 1.02. The predicted molar refractivity (Wildman–Crippen MR) is 75.5 cm³/mol. The van der Waals surface area contributed by atoms with Gasteiger partial charge in [-0.15, -0.1) is 10.2 Å². The largest absolute Gasteiger partial charge is 0.233 e. The fourth-order valence-electron chi connectivity index (χ4n) is 0.938. The van der Waals surface area contributed by atoms with Crippen LogP contribution in [-0.2, 0) is 0 Å². The summed E-state index contributed by atoms with van der Waals surface area (Å²) >= 11 is 6.88. The molecule has 1 aromatic carbocycles. The van der Waals surface area contributed by atoms with Crippen LogP contribution in [0.5, 0.6) is 0 Å². The Morgan fingerprint density at radius 2 is 1.85 bits per heavy atom. The Bertz CT molecular complexity index is 472. The summed E-state index contributed by atoms with van der Waals surface area (Å²) in [6, 6.07) is 2.02. The number of rotatable bonds is 0. The van der Waals surface area contributed by atoms with Crippen LogP contribution in [0.15, 0.2) is 12.4 Å². The third-order valence-electron chi connectivity index (χ3n) is 1.52. The van der Waals surface area contributed by atoms with Crippen molar-refractivity contribution in [2.45, 2.75) is 0 Å². The van der Waals surface area contributed by atoms with Crippen molar-refractivity contribution in [1.82, 2.24) is 15.2 Å². The summed E-state index contributed by atoms with van der Waals surface area (Å²) in [5, 5.41) is 7.83. The molecular formula is C7H2I3N3. The number of hydrogen-bond donors (Lipinski definition) is 0. The molecule has 0 fully saturated rings. The van der Waals surface area contributed by atoms with E-state index in [1.165, 1.54) is 13.5 Å². The van der Waals surface area contributed by atoms with Gasteiger partial charge in [0.2, 0.25) is 0 Å². The van der Waals surface area contributed by atoms with Crippen molar-refractivity contribution < 1.29 is 0 Å². The SMILES string of the molecule is Ic1cc2ncnnc2c(I)c1I. The van der Waals surface area contributed by atoms with Crippen LogP contribution in [-0.4, -0.2) is 15.2 Å². The molecule has 0 aliphatic heterocycles. The first kappa shape index (κ1) is 10.2. The van der Waals surface area contributed by atoms with Crippen LogP contribution in [0, 0.1) is 10.7 Å². The zero-order chi connectivity index (χ0) is 9.42. The van der Waals surface area contributed by atoms with E-state index in [4.69, 9.17) is 0 Å². The van der Waals surface area contributed by atoms with Crippen molar-refractivity contribution in [1.29, 1.82) is 0 Å². The lowest BCUT2D eigenvalue weighted by atomic mass is 10.3. The molecule has 13 heavy (non-hydrogen) atoms. The van der Waals surface area contributed by atoms with Crippen LogP contribution in [0.3, 0.4) is 0 Å². The van der Waals surface area contributed by atoms with E-state index in [-0.39, 0.29) is 0 Å². The summed E-state index contributed by atoms with van der Waals surface area (Å²) in [5.41, 5.74) is 1.79. The summed E-state index contributed by atoms with van der Waals surface area (Å²) in [6.45, 7) is 0. The fraction of sp³-hybridized carbons (Fsp3) is 0.